The van der Waals surface area contributed by atoms with E-state index >= 15 is 0 Å². The highest BCUT2D eigenvalue weighted by molar-refractivity contribution is 7.79. The van der Waals surface area contributed by atoms with E-state index in [0.717, 1.165) is 4.96 Å². The minimum atomic E-state index is -4.67. The van der Waals surface area contributed by atoms with Crippen LogP contribution in [0.3, 0.4) is 0 Å². The molecule has 90 valence electrons. The van der Waals surface area contributed by atoms with E-state index in [1.807, 2.05) is 16.5 Å². The summed E-state index contributed by atoms with van der Waals surface area (Å²) in [4.78, 5) is 0.955. The fraction of sp³-hybridized carbons (Fsp3) is 0. The minimum absolute atomic E-state index is 0.955. The molecular formula is C8H7N3O4S2. The van der Waals surface area contributed by atoms with Crippen molar-refractivity contribution in [3.8, 4) is 0 Å². The summed E-state index contributed by atoms with van der Waals surface area (Å²) in [6.45, 7) is 0. The fourth-order valence-corrected chi connectivity index (χ4v) is 2.25. The topological polar surface area (TPSA) is 105 Å². The fourth-order valence-electron chi connectivity index (χ4n) is 1.30. The molecule has 0 spiro atoms. The molecule has 3 aromatic rings. The van der Waals surface area contributed by atoms with Crippen LogP contribution in [0.2, 0.25) is 0 Å². The Hall–Kier alpha value is -1.55. The molecule has 0 aliphatic carbocycles. The third kappa shape index (κ3) is 2.97. The normalized spacial score (nSPS) is 11.4. The summed E-state index contributed by atoms with van der Waals surface area (Å²) < 4.78 is 34.8. The summed E-state index contributed by atoms with van der Waals surface area (Å²) in [5.41, 5.74) is 1.18. The van der Waals surface area contributed by atoms with Gasteiger partial charge in [-0.05, 0) is 12.1 Å². The predicted molar refractivity (Wildman–Crippen MR) is 62.5 cm³/mol. The third-order valence-electron chi connectivity index (χ3n) is 1.84. The van der Waals surface area contributed by atoms with Crippen molar-refractivity contribution < 1.29 is 17.5 Å². The van der Waals surface area contributed by atoms with Gasteiger partial charge in [-0.15, -0.1) is 10.2 Å². The Bertz CT molecular complexity index is 737. The minimum Gasteiger partial charge on any atom is -0.272 e. The lowest BCUT2D eigenvalue weighted by molar-refractivity contribution is 0.381. The monoisotopic (exact) mass is 273 g/mol. The van der Waals surface area contributed by atoms with Crippen LogP contribution in [0.1, 0.15) is 0 Å². The van der Waals surface area contributed by atoms with Gasteiger partial charge in [0.2, 0.25) is 4.96 Å². The first-order valence-electron chi connectivity index (χ1n) is 4.32. The van der Waals surface area contributed by atoms with E-state index in [4.69, 9.17) is 17.5 Å². The van der Waals surface area contributed by atoms with Gasteiger partial charge in [-0.1, -0.05) is 23.5 Å². The Labute approximate surface area is 99.9 Å². The molecule has 7 nitrogen and oxygen atoms in total. The van der Waals surface area contributed by atoms with Gasteiger partial charge in [-0.25, -0.2) is 0 Å². The number of para-hydroxylation sites is 1. The first kappa shape index (κ1) is 11.9. The predicted octanol–water partition coefficient (Wildman–Crippen LogP) is 1.29. The average Bonchev–Trinajstić information content (AvgIpc) is 2.73. The molecule has 17 heavy (non-hydrogen) atoms. The SMILES string of the molecule is O=S(=O)(O)O.c1ccc2c(c1)sc1nncn12. The lowest BCUT2D eigenvalue weighted by atomic mass is 10.3. The number of hydrogen-bond donors (Lipinski definition) is 2. The van der Waals surface area contributed by atoms with Gasteiger partial charge in [-0.2, -0.15) is 8.42 Å². The number of nitrogens with zero attached hydrogens (tertiary/aromatic N) is 3. The second kappa shape index (κ2) is 4.37. The highest BCUT2D eigenvalue weighted by atomic mass is 32.3. The first-order chi connectivity index (χ1) is 7.95. The van der Waals surface area contributed by atoms with Gasteiger partial charge in [0.25, 0.3) is 0 Å². The highest BCUT2D eigenvalue weighted by Gasteiger charge is 2.03. The molecule has 0 amide bonds. The first-order valence-corrected chi connectivity index (χ1v) is 6.53. The number of rotatable bonds is 0. The van der Waals surface area contributed by atoms with Gasteiger partial charge in [0.05, 0.1) is 10.2 Å². The molecular weight excluding hydrogens is 266 g/mol. The van der Waals surface area contributed by atoms with Crippen molar-refractivity contribution in [3.05, 3.63) is 30.6 Å². The van der Waals surface area contributed by atoms with Crippen LogP contribution in [0.15, 0.2) is 30.6 Å². The van der Waals surface area contributed by atoms with Crippen molar-refractivity contribution >= 4 is 36.9 Å². The van der Waals surface area contributed by atoms with Crippen LogP contribution in [0.4, 0.5) is 0 Å². The van der Waals surface area contributed by atoms with Crippen molar-refractivity contribution in [3.63, 3.8) is 0 Å². The van der Waals surface area contributed by atoms with Crippen LogP contribution >= 0.6 is 11.3 Å². The zero-order valence-corrected chi connectivity index (χ0v) is 9.89. The molecule has 0 radical (unpaired) electrons. The maximum absolute atomic E-state index is 8.74. The number of hydrogen-bond acceptors (Lipinski definition) is 5. The lowest BCUT2D eigenvalue weighted by Crippen LogP contribution is -1.89. The van der Waals surface area contributed by atoms with Gasteiger partial charge in [0, 0.05) is 0 Å². The van der Waals surface area contributed by atoms with Crippen LogP contribution in [0.25, 0.3) is 15.2 Å². The molecule has 2 aromatic heterocycles. The van der Waals surface area contributed by atoms with Crippen molar-refractivity contribution in [2.75, 3.05) is 0 Å². The molecule has 1 aromatic carbocycles. The Morgan fingerprint density at radius 1 is 1.24 bits per heavy atom. The van der Waals surface area contributed by atoms with E-state index in [-0.39, 0.29) is 0 Å². The van der Waals surface area contributed by atoms with E-state index in [2.05, 4.69) is 22.3 Å². The van der Waals surface area contributed by atoms with Crippen LogP contribution in [0.5, 0.6) is 0 Å². The highest BCUT2D eigenvalue weighted by Crippen LogP contribution is 2.23. The Balaban J connectivity index is 0.000000188. The van der Waals surface area contributed by atoms with Gasteiger partial charge in [0.15, 0.2) is 0 Å². The second-order valence-electron chi connectivity index (χ2n) is 3.00. The van der Waals surface area contributed by atoms with Gasteiger partial charge >= 0.3 is 10.4 Å². The largest absolute Gasteiger partial charge is 0.394 e. The number of thiazole rings is 1. The Morgan fingerprint density at radius 2 is 1.88 bits per heavy atom. The quantitative estimate of drug-likeness (QED) is 0.598. The molecule has 0 saturated heterocycles. The molecule has 0 atom stereocenters. The third-order valence-corrected chi connectivity index (χ3v) is 2.87. The zero-order valence-electron chi connectivity index (χ0n) is 8.26. The molecule has 0 fully saturated rings. The average molecular weight is 273 g/mol. The summed E-state index contributed by atoms with van der Waals surface area (Å²) in [6.07, 6.45) is 1.74. The molecule has 0 unspecified atom stereocenters. The summed E-state index contributed by atoms with van der Waals surface area (Å²) >= 11 is 1.66. The molecule has 0 bridgehead atoms. The number of benzene rings is 1. The number of fused-ring (bicyclic) bond motifs is 3. The molecule has 0 saturated carbocycles. The zero-order chi connectivity index (χ0) is 12.5. The van der Waals surface area contributed by atoms with Crippen molar-refractivity contribution in [1.82, 2.24) is 14.6 Å². The lowest BCUT2D eigenvalue weighted by Gasteiger charge is -1.85. The van der Waals surface area contributed by atoms with Gasteiger partial charge in [-0.3, -0.25) is 13.5 Å². The van der Waals surface area contributed by atoms with Gasteiger partial charge < -0.3 is 0 Å². The summed E-state index contributed by atoms with van der Waals surface area (Å²) in [5, 5.41) is 7.82. The van der Waals surface area contributed by atoms with E-state index < -0.39 is 10.4 Å². The van der Waals surface area contributed by atoms with Crippen LogP contribution in [-0.2, 0) is 10.4 Å². The van der Waals surface area contributed by atoms with Gasteiger partial charge in [0.1, 0.15) is 6.33 Å². The Kier molecular flexibility index (Phi) is 3.07. The summed E-state index contributed by atoms with van der Waals surface area (Å²) in [7, 11) is -4.67. The van der Waals surface area contributed by atoms with Crippen LogP contribution in [-0.4, -0.2) is 32.1 Å². The van der Waals surface area contributed by atoms with Crippen molar-refractivity contribution in [2.45, 2.75) is 0 Å². The van der Waals surface area contributed by atoms with E-state index in [0.29, 0.717) is 0 Å². The molecule has 0 aliphatic heterocycles. The van der Waals surface area contributed by atoms with E-state index in [9.17, 15) is 0 Å². The molecule has 2 N–H and O–H groups in total. The second-order valence-corrected chi connectivity index (χ2v) is 4.91. The molecule has 3 rings (SSSR count). The standard InChI is InChI=1S/C8H5N3S.H2O4S/c1-2-4-7-6(3-1)11-5-9-10-8(11)12-7;1-5(2,3)4/h1-5H;(H2,1,2,3,4). The van der Waals surface area contributed by atoms with Crippen LogP contribution in [0, 0.1) is 0 Å². The maximum atomic E-state index is 8.74. The maximum Gasteiger partial charge on any atom is 0.394 e. The van der Waals surface area contributed by atoms with Crippen molar-refractivity contribution in [1.29, 1.82) is 0 Å². The van der Waals surface area contributed by atoms with E-state index in [1.165, 1.54) is 10.2 Å². The summed E-state index contributed by atoms with van der Waals surface area (Å²) in [6, 6.07) is 8.22. The molecule has 9 heteroatoms. The van der Waals surface area contributed by atoms with Crippen molar-refractivity contribution in [2.24, 2.45) is 0 Å². The van der Waals surface area contributed by atoms with Crippen LogP contribution < -0.4 is 0 Å². The number of aromatic nitrogens is 3. The molecule has 0 aliphatic rings. The Morgan fingerprint density at radius 3 is 2.59 bits per heavy atom. The smallest absolute Gasteiger partial charge is 0.272 e. The van der Waals surface area contributed by atoms with E-state index in [1.54, 1.807) is 17.7 Å². The molecule has 2 heterocycles. The summed E-state index contributed by atoms with van der Waals surface area (Å²) in [5.74, 6) is 0.